The molecule has 17 heavy (non-hydrogen) atoms. The molecule has 94 valence electrons. The Bertz CT molecular complexity index is 342. The predicted molar refractivity (Wildman–Crippen MR) is 72.0 cm³/mol. The molecule has 1 aromatic rings. The van der Waals surface area contributed by atoms with E-state index in [9.17, 15) is 4.79 Å². The molecule has 0 aliphatic carbocycles. The molecule has 1 rings (SSSR count). The van der Waals surface area contributed by atoms with Crippen LogP contribution in [0, 0.1) is 6.92 Å². The lowest BCUT2D eigenvalue weighted by Gasteiger charge is -2.16. The fourth-order valence-electron chi connectivity index (χ4n) is 1.84. The molecule has 0 fully saturated rings. The van der Waals surface area contributed by atoms with Crippen LogP contribution in [0.1, 0.15) is 37.3 Å². The van der Waals surface area contributed by atoms with Crippen molar-refractivity contribution in [1.82, 2.24) is 4.90 Å². The van der Waals surface area contributed by atoms with Crippen LogP contribution in [0.4, 0.5) is 0 Å². The molecule has 0 aliphatic rings. The van der Waals surface area contributed by atoms with Gasteiger partial charge in [-0.2, -0.15) is 0 Å². The molecular weight excluding hydrogens is 210 g/mol. The standard InChI is InChI=1S/C15H23NO/c1-13-7-9-15(10-8-13)12-16(3)11-5-4-6-14(2)17/h7-10H,4-6,11-12H2,1-3H3. The smallest absolute Gasteiger partial charge is 0.129 e. The van der Waals surface area contributed by atoms with E-state index in [0.29, 0.717) is 5.78 Å². The van der Waals surface area contributed by atoms with Crippen LogP contribution >= 0.6 is 0 Å². The van der Waals surface area contributed by atoms with Gasteiger partial charge in [0, 0.05) is 13.0 Å². The molecule has 0 atom stereocenters. The van der Waals surface area contributed by atoms with Crippen LogP contribution in [0.25, 0.3) is 0 Å². The summed E-state index contributed by atoms with van der Waals surface area (Å²) in [5, 5.41) is 0. The molecule has 0 aliphatic heterocycles. The summed E-state index contributed by atoms with van der Waals surface area (Å²) in [4.78, 5) is 13.1. The van der Waals surface area contributed by atoms with E-state index in [4.69, 9.17) is 0 Å². The van der Waals surface area contributed by atoms with Crippen LogP contribution in [-0.2, 0) is 11.3 Å². The number of nitrogens with zero attached hydrogens (tertiary/aromatic N) is 1. The third kappa shape index (κ3) is 6.22. The van der Waals surface area contributed by atoms with E-state index < -0.39 is 0 Å². The van der Waals surface area contributed by atoms with Crippen LogP contribution in [0.15, 0.2) is 24.3 Å². The Kier molecular flexibility index (Phi) is 5.92. The predicted octanol–water partition coefficient (Wildman–Crippen LogP) is 3.19. The first-order chi connectivity index (χ1) is 8.08. The lowest BCUT2D eigenvalue weighted by molar-refractivity contribution is -0.117. The van der Waals surface area contributed by atoms with Crippen LogP contribution in [-0.4, -0.2) is 24.3 Å². The van der Waals surface area contributed by atoms with Crippen molar-refractivity contribution in [3.05, 3.63) is 35.4 Å². The zero-order chi connectivity index (χ0) is 12.7. The number of aryl methyl sites for hydroxylation is 1. The summed E-state index contributed by atoms with van der Waals surface area (Å²) in [5.74, 6) is 0.297. The Morgan fingerprint density at radius 1 is 1.18 bits per heavy atom. The van der Waals surface area contributed by atoms with E-state index in [1.165, 1.54) is 11.1 Å². The molecule has 0 unspecified atom stereocenters. The third-order valence-corrected chi connectivity index (χ3v) is 2.89. The van der Waals surface area contributed by atoms with Gasteiger partial charge in [-0.1, -0.05) is 29.8 Å². The number of unbranched alkanes of at least 4 members (excludes halogenated alkanes) is 1. The van der Waals surface area contributed by atoms with E-state index in [2.05, 4.69) is 43.1 Å². The van der Waals surface area contributed by atoms with Gasteiger partial charge in [0.15, 0.2) is 0 Å². The highest BCUT2D eigenvalue weighted by molar-refractivity contribution is 5.75. The first-order valence-corrected chi connectivity index (χ1v) is 6.31. The topological polar surface area (TPSA) is 20.3 Å². The Labute approximate surface area is 105 Å². The number of rotatable bonds is 7. The average molecular weight is 233 g/mol. The molecule has 0 saturated heterocycles. The molecule has 0 heterocycles. The van der Waals surface area contributed by atoms with Crippen molar-refractivity contribution in [3.63, 3.8) is 0 Å². The summed E-state index contributed by atoms with van der Waals surface area (Å²) < 4.78 is 0. The minimum absolute atomic E-state index is 0.297. The highest BCUT2D eigenvalue weighted by atomic mass is 16.1. The quantitative estimate of drug-likeness (QED) is 0.674. The minimum Gasteiger partial charge on any atom is -0.302 e. The fraction of sp³-hybridized carbons (Fsp3) is 0.533. The molecule has 0 spiro atoms. The van der Waals surface area contributed by atoms with Crippen LogP contribution in [0.2, 0.25) is 0 Å². The van der Waals surface area contributed by atoms with E-state index in [1.807, 2.05) is 0 Å². The minimum atomic E-state index is 0.297. The van der Waals surface area contributed by atoms with Gasteiger partial charge in [-0.25, -0.2) is 0 Å². The Morgan fingerprint density at radius 2 is 1.82 bits per heavy atom. The maximum absolute atomic E-state index is 10.8. The molecule has 0 N–H and O–H groups in total. The van der Waals surface area contributed by atoms with Crippen molar-refractivity contribution >= 4 is 5.78 Å². The SMILES string of the molecule is CC(=O)CCCCN(C)Cc1ccc(C)cc1. The molecule has 0 aromatic heterocycles. The van der Waals surface area contributed by atoms with Crippen molar-refractivity contribution < 1.29 is 4.79 Å². The Balaban J connectivity index is 2.22. The summed E-state index contributed by atoms with van der Waals surface area (Å²) in [5.41, 5.74) is 2.66. The van der Waals surface area contributed by atoms with Crippen LogP contribution < -0.4 is 0 Å². The second kappa shape index (κ2) is 7.23. The van der Waals surface area contributed by atoms with Gasteiger partial charge in [-0.3, -0.25) is 0 Å². The highest BCUT2D eigenvalue weighted by Gasteiger charge is 2.00. The largest absolute Gasteiger partial charge is 0.302 e. The second-order valence-electron chi connectivity index (χ2n) is 4.88. The lowest BCUT2D eigenvalue weighted by atomic mass is 10.1. The van der Waals surface area contributed by atoms with Crippen molar-refractivity contribution in [1.29, 1.82) is 0 Å². The summed E-state index contributed by atoms with van der Waals surface area (Å²) in [6, 6.07) is 8.67. The van der Waals surface area contributed by atoms with Crippen molar-refractivity contribution in [2.45, 2.75) is 39.7 Å². The summed E-state index contributed by atoms with van der Waals surface area (Å²) >= 11 is 0. The monoisotopic (exact) mass is 233 g/mol. The number of hydrogen-bond acceptors (Lipinski definition) is 2. The van der Waals surface area contributed by atoms with Gasteiger partial charge in [0.25, 0.3) is 0 Å². The van der Waals surface area contributed by atoms with Gasteiger partial charge < -0.3 is 9.69 Å². The maximum Gasteiger partial charge on any atom is 0.129 e. The van der Waals surface area contributed by atoms with Gasteiger partial charge in [0.05, 0.1) is 0 Å². The fourth-order valence-corrected chi connectivity index (χ4v) is 1.84. The maximum atomic E-state index is 10.8. The first-order valence-electron chi connectivity index (χ1n) is 6.31. The average Bonchev–Trinajstić information content (AvgIpc) is 2.27. The lowest BCUT2D eigenvalue weighted by Crippen LogP contribution is -2.19. The number of hydrogen-bond donors (Lipinski definition) is 0. The van der Waals surface area contributed by atoms with Crippen LogP contribution in [0.5, 0.6) is 0 Å². The second-order valence-corrected chi connectivity index (χ2v) is 4.88. The number of Topliss-reactive ketones (excluding diaryl/α,β-unsaturated/α-hetero) is 1. The van der Waals surface area contributed by atoms with E-state index in [-0.39, 0.29) is 0 Å². The van der Waals surface area contributed by atoms with Gasteiger partial charge in [-0.05, 0) is 45.8 Å². The van der Waals surface area contributed by atoms with Gasteiger partial charge in [0.2, 0.25) is 0 Å². The third-order valence-electron chi connectivity index (χ3n) is 2.89. The molecule has 1 aromatic carbocycles. The molecule has 0 amide bonds. The normalized spacial score (nSPS) is 10.8. The molecule has 0 bridgehead atoms. The zero-order valence-corrected chi connectivity index (χ0v) is 11.2. The van der Waals surface area contributed by atoms with Crippen molar-refractivity contribution in [2.75, 3.05) is 13.6 Å². The van der Waals surface area contributed by atoms with Crippen molar-refractivity contribution in [3.8, 4) is 0 Å². The van der Waals surface area contributed by atoms with E-state index in [1.54, 1.807) is 6.92 Å². The molecule has 0 radical (unpaired) electrons. The Hall–Kier alpha value is -1.15. The zero-order valence-electron chi connectivity index (χ0n) is 11.2. The number of carbonyl (C=O) groups excluding carboxylic acids is 1. The van der Waals surface area contributed by atoms with Gasteiger partial charge >= 0.3 is 0 Å². The van der Waals surface area contributed by atoms with Crippen molar-refractivity contribution in [2.24, 2.45) is 0 Å². The molecular formula is C15H23NO. The van der Waals surface area contributed by atoms with E-state index >= 15 is 0 Å². The number of benzene rings is 1. The number of carbonyl (C=O) groups is 1. The first kappa shape index (κ1) is 13.9. The van der Waals surface area contributed by atoms with Gasteiger partial charge in [0.1, 0.15) is 5.78 Å². The summed E-state index contributed by atoms with van der Waals surface area (Å²) in [7, 11) is 2.13. The van der Waals surface area contributed by atoms with Crippen LogP contribution in [0.3, 0.4) is 0 Å². The molecule has 2 heteroatoms. The highest BCUT2D eigenvalue weighted by Crippen LogP contribution is 2.07. The molecule has 0 saturated carbocycles. The van der Waals surface area contributed by atoms with Gasteiger partial charge in [-0.15, -0.1) is 0 Å². The summed E-state index contributed by atoms with van der Waals surface area (Å²) in [6.07, 6.45) is 2.83. The molecule has 2 nitrogen and oxygen atoms in total. The Morgan fingerprint density at radius 3 is 2.41 bits per heavy atom. The number of ketones is 1. The van der Waals surface area contributed by atoms with E-state index in [0.717, 1.165) is 32.4 Å². The summed E-state index contributed by atoms with van der Waals surface area (Å²) in [6.45, 7) is 5.81.